The molecule has 2 aliphatic rings. The zero-order valence-electron chi connectivity index (χ0n) is 17.4. The van der Waals surface area contributed by atoms with Gasteiger partial charge in [0, 0.05) is 31.1 Å². The predicted molar refractivity (Wildman–Crippen MR) is 111 cm³/mol. The van der Waals surface area contributed by atoms with Gasteiger partial charge in [-0.25, -0.2) is 4.79 Å². The van der Waals surface area contributed by atoms with E-state index in [-0.39, 0.29) is 35.5 Å². The van der Waals surface area contributed by atoms with Crippen molar-refractivity contribution in [1.29, 1.82) is 0 Å². The van der Waals surface area contributed by atoms with Crippen LogP contribution in [-0.2, 0) is 16.1 Å². The number of anilines is 1. The van der Waals surface area contributed by atoms with Crippen LogP contribution < -0.4 is 10.5 Å². The highest BCUT2D eigenvalue weighted by Crippen LogP contribution is 2.49. The Bertz CT molecular complexity index is 955. The molecule has 1 aromatic carbocycles. The smallest absolute Gasteiger partial charge is 0.342 e. The molecule has 1 aromatic heterocycles. The first-order chi connectivity index (χ1) is 13.9. The maximum atomic E-state index is 12.9. The van der Waals surface area contributed by atoms with Gasteiger partial charge in [0.15, 0.2) is 0 Å². The van der Waals surface area contributed by atoms with Crippen molar-refractivity contribution < 1.29 is 13.9 Å². The predicted octanol–water partition coefficient (Wildman–Crippen LogP) is 3.14. The molecule has 0 N–H and O–H groups in total. The Morgan fingerprint density at radius 3 is 2.69 bits per heavy atom. The van der Waals surface area contributed by atoms with E-state index in [1.807, 2.05) is 43.1 Å². The Kier molecular flexibility index (Phi) is 5.21. The van der Waals surface area contributed by atoms with E-state index in [0.29, 0.717) is 24.5 Å². The van der Waals surface area contributed by atoms with E-state index < -0.39 is 0 Å². The number of carbonyl (C=O) groups excluding carboxylic acids is 1. The van der Waals surface area contributed by atoms with Gasteiger partial charge in [0.1, 0.15) is 11.8 Å². The van der Waals surface area contributed by atoms with Crippen molar-refractivity contribution in [1.82, 2.24) is 4.90 Å². The normalized spacial score (nSPS) is 26.1. The first-order valence-corrected chi connectivity index (χ1v) is 10.2. The number of benzene rings is 1. The largest absolute Gasteiger partial charge is 0.465 e. The van der Waals surface area contributed by atoms with Crippen LogP contribution in [0.2, 0.25) is 0 Å². The summed E-state index contributed by atoms with van der Waals surface area (Å²) >= 11 is 0. The van der Waals surface area contributed by atoms with Crippen LogP contribution in [0.4, 0.5) is 5.69 Å². The molecule has 0 radical (unpaired) electrons. The molecule has 0 bridgehead atoms. The Morgan fingerprint density at radius 1 is 1.28 bits per heavy atom. The Balaban J connectivity index is 1.78. The summed E-state index contributed by atoms with van der Waals surface area (Å²) in [7, 11) is 1.92. The number of aryl methyl sites for hydroxylation is 1. The van der Waals surface area contributed by atoms with Gasteiger partial charge in [0.05, 0.1) is 17.9 Å². The monoisotopic (exact) mass is 396 g/mol. The lowest BCUT2D eigenvalue weighted by Crippen LogP contribution is -2.42. The first-order valence-electron chi connectivity index (χ1n) is 10.2. The van der Waals surface area contributed by atoms with Crippen LogP contribution in [0.3, 0.4) is 0 Å². The highest BCUT2D eigenvalue weighted by Gasteiger charge is 2.53. The number of nitrogens with zero attached hydrogens (tertiary/aromatic N) is 2. The number of ether oxygens (including phenoxy) is 1. The number of esters is 1. The van der Waals surface area contributed by atoms with E-state index in [1.54, 1.807) is 6.92 Å². The molecule has 0 amide bonds. The van der Waals surface area contributed by atoms with E-state index in [4.69, 9.17) is 9.15 Å². The van der Waals surface area contributed by atoms with Gasteiger partial charge in [0.2, 0.25) is 0 Å². The molecule has 4 rings (SSSR count). The molecule has 4 atom stereocenters. The molecule has 0 spiro atoms. The second-order valence-electron chi connectivity index (χ2n) is 8.14. The molecule has 6 nitrogen and oxygen atoms in total. The van der Waals surface area contributed by atoms with Crippen LogP contribution in [0.1, 0.15) is 36.8 Å². The van der Waals surface area contributed by atoms with Gasteiger partial charge in [-0.05, 0) is 32.4 Å². The molecule has 1 fully saturated rings. The van der Waals surface area contributed by atoms with Gasteiger partial charge in [0.25, 0.3) is 0 Å². The number of fused-ring (bicyclic) bond motifs is 3. The summed E-state index contributed by atoms with van der Waals surface area (Å²) in [6.07, 6.45) is 0. The van der Waals surface area contributed by atoms with E-state index in [0.717, 1.165) is 12.2 Å². The number of hydrogen-bond acceptors (Lipinski definition) is 6. The number of likely N-dealkylation sites (tertiary alicyclic amines) is 1. The van der Waals surface area contributed by atoms with Crippen molar-refractivity contribution in [3.63, 3.8) is 0 Å². The minimum absolute atomic E-state index is 0.0659. The molecule has 2 aliphatic heterocycles. The highest BCUT2D eigenvalue weighted by atomic mass is 16.5. The summed E-state index contributed by atoms with van der Waals surface area (Å²) in [4.78, 5) is 29.9. The third-order valence-electron chi connectivity index (χ3n) is 6.36. The van der Waals surface area contributed by atoms with Crippen LogP contribution in [0, 0.1) is 18.8 Å². The third-order valence-corrected chi connectivity index (χ3v) is 6.36. The minimum atomic E-state index is -0.366. The van der Waals surface area contributed by atoms with Crippen LogP contribution >= 0.6 is 0 Å². The molecule has 0 saturated carbocycles. The molecule has 1 saturated heterocycles. The van der Waals surface area contributed by atoms with Gasteiger partial charge in [-0.1, -0.05) is 37.3 Å². The molecular weight excluding hydrogens is 368 g/mol. The molecule has 6 heteroatoms. The van der Waals surface area contributed by atoms with Crippen LogP contribution in [-0.4, -0.2) is 37.1 Å². The molecule has 3 unspecified atom stereocenters. The molecule has 3 heterocycles. The minimum Gasteiger partial charge on any atom is -0.465 e. The summed E-state index contributed by atoms with van der Waals surface area (Å²) in [5.74, 6) is 0.581. The van der Waals surface area contributed by atoms with E-state index in [1.165, 1.54) is 5.56 Å². The summed E-state index contributed by atoms with van der Waals surface area (Å²) in [5, 5.41) is 0. The van der Waals surface area contributed by atoms with E-state index in [9.17, 15) is 9.59 Å². The Morgan fingerprint density at radius 2 is 2.00 bits per heavy atom. The SMILES string of the molecule is CCOC(=O)[C@H]1C(C)C2CN(Cc3ccccc3)c3cc(C)oc(=O)c3C2N1C. The molecular formula is C23H28N2O4. The van der Waals surface area contributed by atoms with Gasteiger partial charge < -0.3 is 14.1 Å². The van der Waals surface area contributed by atoms with Crippen molar-refractivity contribution in [2.24, 2.45) is 11.8 Å². The molecule has 0 aliphatic carbocycles. The number of rotatable bonds is 4. The zero-order chi connectivity index (χ0) is 20.7. The average molecular weight is 396 g/mol. The standard InChI is InChI=1S/C23H28N2O4/c1-5-28-23(27)20-15(3)17-13-25(12-16-9-7-6-8-10-16)18-11-14(2)29-22(26)19(18)21(17)24(20)4/h6-11,15,17,20-21H,5,12-13H2,1-4H3/t15?,17?,20-,21?/m1/s1. The highest BCUT2D eigenvalue weighted by molar-refractivity contribution is 5.77. The fourth-order valence-electron chi connectivity index (χ4n) is 5.11. The van der Waals surface area contributed by atoms with Crippen molar-refractivity contribution >= 4 is 11.7 Å². The maximum absolute atomic E-state index is 12.9. The van der Waals surface area contributed by atoms with Gasteiger partial charge in [-0.3, -0.25) is 9.69 Å². The second-order valence-corrected chi connectivity index (χ2v) is 8.14. The fourth-order valence-corrected chi connectivity index (χ4v) is 5.11. The van der Waals surface area contributed by atoms with E-state index >= 15 is 0 Å². The van der Waals surface area contributed by atoms with E-state index in [2.05, 4.69) is 24.0 Å². The molecule has 154 valence electrons. The molecule has 29 heavy (non-hydrogen) atoms. The van der Waals surface area contributed by atoms with Crippen molar-refractivity contribution in [3.05, 3.63) is 63.7 Å². The average Bonchev–Trinajstić information content (AvgIpc) is 2.93. The Hall–Kier alpha value is -2.60. The summed E-state index contributed by atoms with van der Waals surface area (Å²) in [6.45, 7) is 7.54. The van der Waals surface area contributed by atoms with Gasteiger partial charge in [-0.2, -0.15) is 0 Å². The summed E-state index contributed by atoms with van der Waals surface area (Å²) < 4.78 is 10.8. The maximum Gasteiger partial charge on any atom is 0.342 e. The lowest BCUT2D eigenvalue weighted by molar-refractivity contribution is -0.149. The Labute approximate surface area is 171 Å². The lowest BCUT2D eigenvalue weighted by Gasteiger charge is -2.40. The summed E-state index contributed by atoms with van der Waals surface area (Å²) in [6, 6.07) is 11.7. The number of likely N-dealkylation sites (N-methyl/N-ethyl adjacent to an activating group) is 1. The van der Waals surface area contributed by atoms with Crippen molar-refractivity contribution in [3.8, 4) is 0 Å². The van der Waals surface area contributed by atoms with Crippen molar-refractivity contribution in [2.75, 3.05) is 25.1 Å². The first kappa shape index (κ1) is 19.7. The van der Waals surface area contributed by atoms with Gasteiger partial charge in [-0.15, -0.1) is 0 Å². The fraction of sp³-hybridized carbons (Fsp3) is 0.478. The second kappa shape index (κ2) is 7.67. The number of hydrogen-bond donors (Lipinski definition) is 0. The topological polar surface area (TPSA) is 63.0 Å². The molecule has 2 aromatic rings. The summed E-state index contributed by atoms with van der Waals surface area (Å²) in [5.41, 5.74) is 2.44. The quantitative estimate of drug-likeness (QED) is 0.740. The van der Waals surface area contributed by atoms with Crippen LogP contribution in [0.25, 0.3) is 0 Å². The third kappa shape index (κ3) is 3.35. The number of carbonyl (C=O) groups is 1. The van der Waals surface area contributed by atoms with Crippen LogP contribution in [0.5, 0.6) is 0 Å². The van der Waals surface area contributed by atoms with Crippen molar-refractivity contribution in [2.45, 2.75) is 39.4 Å². The van der Waals surface area contributed by atoms with Gasteiger partial charge >= 0.3 is 11.6 Å². The lowest BCUT2D eigenvalue weighted by atomic mass is 9.82. The zero-order valence-corrected chi connectivity index (χ0v) is 17.4. The van der Waals surface area contributed by atoms with Crippen LogP contribution in [0.15, 0.2) is 45.6 Å².